The third-order valence-corrected chi connectivity index (χ3v) is 2.96. The minimum atomic E-state index is -0.141. The molecule has 1 aliphatic rings. The summed E-state index contributed by atoms with van der Waals surface area (Å²) in [5, 5.41) is 9.11. The van der Waals surface area contributed by atoms with Crippen LogP contribution in [-0.4, -0.2) is 17.3 Å². The highest BCUT2D eigenvalue weighted by atomic mass is 16.5. The van der Waals surface area contributed by atoms with Gasteiger partial charge in [-0.05, 0) is 37.1 Å². The van der Waals surface area contributed by atoms with Crippen LogP contribution in [0.15, 0.2) is 24.3 Å². The number of hydrogen-bond acceptors (Lipinski definition) is 3. The molecule has 0 saturated heterocycles. The van der Waals surface area contributed by atoms with Gasteiger partial charge in [0.2, 0.25) is 0 Å². The normalized spacial score (nSPS) is 19.0. The van der Waals surface area contributed by atoms with Gasteiger partial charge in [-0.15, -0.1) is 0 Å². The van der Waals surface area contributed by atoms with Crippen LogP contribution >= 0.6 is 0 Å². The van der Waals surface area contributed by atoms with Crippen LogP contribution in [0.5, 0.6) is 11.5 Å². The molecule has 0 unspecified atom stereocenters. The molecular weight excluding hydrogens is 190 g/mol. The fraction of sp³-hybridized carbons (Fsp3) is 0.500. The molecule has 2 rings (SSSR count). The van der Waals surface area contributed by atoms with Gasteiger partial charge in [-0.2, -0.15) is 0 Å². The van der Waals surface area contributed by atoms with Crippen molar-refractivity contribution in [2.24, 2.45) is 5.73 Å². The predicted molar refractivity (Wildman–Crippen MR) is 59.0 cm³/mol. The molecule has 3 N–H and O–H groups in total. The van der Waals surface area contributed by atoms with Gasteiger partial charge in [0.1, 0.15) is 18.1 Å². The van der Waals surface area contributed by atoms with Crippen molar-refractivity contribution in [2.45, 2.75) is 31.2 Å². The first kappa shape index (κ1) is 10.3. The summed E-state index contributed by atoms with van der Waals surface area (Å²) < 4.78 is 5.61. The highest BCUT2D eigenvalue weighted by Gasteiger charge is 2.29. The Kier molecular flexibility index (Phi) is 2.82. The SMILES string of the molecule is NC1(COc2ccc(O)cc2)CCCC1. The van der Waals surface area contributed by atoms with Gasteiger partial charge in [0.15, 0.2) is 0 Å². The molecule has 3 heteroatoms. The molecule has 1 fully saturated rings. The number of benzene rings is 1. The van der Waals surface area contributed by atoms with Crippen molar-refractivity contribution in [1.29, 1.82) is 0 Å². The predicted octanol–water partition coefficient (Wildman–Crippen LogP) is 2.04. The Labute approximate surface area is 89.9 Å². The lowest BCUT2D eigenvalue weighted by atomic mass is 10.0. The molecule has 1 aliphatic carbocycles. The summed E-state index contributed by atoms with van der Waals surface area (Å²) in [5.74, 6) is 1.02. The van der Waals surface area contributed by atoms with Gasteiger partial charge in [0.25, 0.3) is 0 Å². The van der Waals surface area contributed by atoms with Gasteiger partial charge in [-0.1, -0.05) is 12.8 Å². The second kappa shape index (κ2) is 4.11. The summed E-state index contributed by atoms with van der Waals surface area (Å²) in [7, 11) is 0. The van der Waals surface area contributed by atoms with E-state index in [0.29, 0.717) is 6.61 Å². The van der Waals surface area contributed by atoms with Gasteiger partial charge in [-0.25, -0.2) is 0 Å². The Balaban J connectivity index is 1.90. The minimum Gasteiger partial charge on any atom is -0.508 e. The van der Waals surface area contributed by atoms with E-state index in [9.17, 15) is 0 Å². The largest absolute Gasteiger partial charge is 0.508 e. The first-order valence-corrected chi connectivity index (χ1v) is 5.39. The molecule has 0 spiro atoms. The minimum absolute atomic E-state index is 0.141. The Bertz CT molecular complexity index is 315. The van der Waals surface area contributed by atoms with Crippen molar-refractivity contribution >= 4 is 0 Å². The fourth-order valence-electron chi connectivity index (χ4n) is 1.99. The number of phenolic OH excluding ortho intramolecular Hbond substituents is 1. The van der Waals surface area contributed by atoms with Crippen LogP contribution in [0, 0.1) is 0 Å². The summed E-state index contributed by atoms with van der Waals surface area (Å²) in [5.41, 5.74) is 6.02. The molecule has 0 aliphatic heterocycles. The van der Waals surface area contributed by atoms with E-state index in [2.05, 4.69) is 0 Å². The van der Waals surface area contributed by atoms with E-state index in [1.54, 1.807) is 24.3 Å². The zero-order valence-electron chi connectivity index (χ0n) is 8.78. The third kappa shape index (κ3) is 2.63. The number of ether oxygens (including phenoxy) is 1. The summed E-state index contributed by atoms with van der Waals surface area (Å²) >= 11 is 0. The summed E-state index contributed by atoms with van der Waals surface area (Å²) in [6, 6.07) is 6.75. The maximum Gasteiger partial charge on any atom is 0.119 e. The van der Waals surface area contributed by atoms with Gasteiger partial charge < -0.3 is 15.6 Å². The molecule has 0 radical (unpaired) electrons. The fourth-order valence-corrected chi connectivity index (χ4v) is 1.99. The molecule has 15 heavy (non-hydrogen) atoms. The van der Waals surface area contributed by atoms with Crippen molar-refractivity contribution in [1.82, 2.24) is 0 Å². The van der Waals surface area contributed by atoms with Gasteiger partial charge in [0, 0.05) is 0 Å². The lowest BCUT2D eigenvalue weighted by Crippen LogP contribution is -2.42. The van der Waals surface area contributed by atoms with E-state index in [1.807, 2.05) is 0 Å². The number of nitrogens with two attached hydrogens (primary N) is 1. The van der Waals surface area contributed by atoms with E-state index < -0.39 is 0 Å². The van der Waals surface area contributed by atoms with Crippen molar-refractivity contribution in [3.05, 3.63) is 24.3 Å². The Morgan fingerprint density at radius 3 is 2.40 bits per heavy atom. The van der Waals surface area contributed by atoms with Gasteiger partial charge in [-0.3, -0.25) is 0 Å². The quantitative estimate of drug-likeness (QED) is 0.797. The second-order valence-electron chi connectivity index (χ2n) is 4.35. The molecule has 0 bridgehead atoms. The first-order valence-electron chi connectivity index (χ1n) is 5.39. The van der Waals surface area contributed by atoms with Crippen LogP contribution in [0.1, 0.15) is 25.7 Å². The van der Waals surface area contributed by atoms with Crippen molar-refractivity contribution in [3.63, 3.8) is 0 Å². The van der Waals surface area contributed by atoms with E-state index in [-0.39, 0.29) is 11.3 Å². The van der Waals surface area contributed by atoms with Crippen LogP contribution in [-0.2, 0) is 0 Å². The Morgan fingerprint density at radius 1 is 1.20 bits per heavy atom. The van der Waals surface area contributed by atoms with Crippen LogP contribution in [0.4, 0.5) is 0 Å². The molecule has 0 atom stereocenters. The van der Waals surface area contributed by atoms with Crippen LogP contribution in [0.3, 0.4) is 0 Å². The average molecular weight is 207 g/mol. The van der Waals surface area contributed by atoms with Crippen molar-refractivity contribution in [3.8, 4) is 11.5 Å². The zero-order chi connectivity index (χ0) is 10.7. The highest BCUT2D eigenvalue weighted by Crippen LogP contribution is 2.28. The molecule has 0 amide bonds. The van der Waals surface area contributed by atoms with Crippen molar-refractivity contribution < 1.29 is 9.84 Å². The molecule has 82 valence electrons. The summed E-state index contributed by atoms with van der Waals surface area (Å²) in [6.07, 6.45) is 4.50. The van der Waals surface area contributed by atoms with Crippen molar-refractivity contribution in [2.75, 3.05) is 6.61 Å². The molecule has 1 saturated carbocycles. The third-order valence-electron chi connectivity index (χ3n) is 2.96. The molecule has 0 heterocycles. The van der Waals surface area contributed by atoms with Gasteiger partial charge in [0.05, 0.1) is 5.54 Å². The lowest BCUT2D eigenvalue weighted by molar-refractivity contribution is 0.220. The van der Waals surface area contributed by atoms with Crippen LogP contribution in [0.2, 0.25) is 0 Å². The number of hydrogen-bond donors (Lipinski definition) is 2. The number of rotatable bonds is 3. The van der Waals surface area contributed by atoms with E-state index in [4.69, 9.17) is 15.6 Å². The van der Waals surface area contributed by atoms with E-state index in [0.717, 1.165) is 18.6 Å². The molecular formula is C12H17NO2. The lowest BCUT2D eigenvalue weighted by Gasteiger charge is -2.23. The topological polar surface area (TPSA) is 55.5 Å². The number of phenols is 1. The monoisotopic (exact) mass is 207 g/mol. The smallest absolute Gasteiger partial charge is 0.119 e. The van der Waals surface area contributed by atoms with Crippen LogP contribution < -0.4 is 10.5 Å². The Hall–Kier alpha value is -1.22. The van der Waals surface area contributed by atoms with E-state index >= 15 is 0 Å². The Morgan fingerprint density at radius 2 is 1.80 bits per heavy atom. The molecule has 1 aromatic carbocycles. The molecule has 0 aromatic heterocycles. The van der Waals surface area contributed by atoms with E-state index in [1.165, 1.54) is 12.8 Å². The number of aromatic hydroxyl groups is 1. The summed E-state index contributed by atoms with van der Waals surface area (Å²) in [4.78, 5) is 0. The second-order valence-corrected chi connectivity index (χ2v) is 4.35. The maximum atomic E-state index is 9.11. The summed E-state index contributed by atoms with van der Waals surface area (Å²) in [6.45, 7) is 0.567. The van der Waals surface area contributed by atoms with Gasteiger partial charge >= 0.3 is 0 Å². The van der Waals surface area contributed by atoms with Crippen LogP contribution in [0.25, 0.3) is 0 Å². The zero-order valence-corrected chi connectivity index (χ0v) is 8.78. The average Bonchev–Trinajstić information content (AvgIpc) is 2.65. The highest BCUT2D eigenvalue weighted by molar-refractivity contribution is 5.30. The molecule has 1 aromatic rings. The molecule has 3 nitrogen and oxygen atoms in total. The maximum absolute atomic E-state index is 9.11. The standard InChI is InChI=1S/C12H17NO2/c13-12(7-1-2-8-12)9-15-11-5-3-10(14)4-6-11/h3-6,14H,1-2,7-9,13H2. The first-order chi connectivity index (χ1) is 7.18.